The molecule has 0 aliphatic heterocycles. The lowest BCUT2D eigenvalue weighted by Crippen LogP contribution is -1.96. The number of ether oxygens (including phenoxy) is 1. The highest BCUT2D eigenvalue weighted by Crippen LogP contribution is 2.26. The Hall–Kier alpha value is -1.80. The van der Waals surface area contributed by atoms with Gasteiger partial charge in [-0.05, 0) is 35.2 Å². The predicted molar refractivity (Wildman–Crippen MR) is 69.2 cm³/mol. The van der Waals surface area contributed by atoms with Crippen molar-refractivity contribution in [1.29, 1.82) is 0 Å². The minimum absolute atomic E-state index is 0.134. The Balaban J connectivity index is 2.40. The van der Waals surface area contributed by atoms with Crippen LogP contribution in [0.1, 0.15) is 5.56 Å². The second kappa shape index (κ2) is 5.51. The maximum absolute atomic E-state index is 9.05. The van der Waals surface area contributed by atoms with E-state index < -0.39 is 0 Å². The van der Waals surface area contributed by atoms with Gasteiger partial charge in [-0.3, -0.25) is 0 Å². The molecule has 0 spiro atoms. The van der Waals surface area contributed by atoms with Gasteiger partial charge in [-0.15, -0.1) is 0 Å². The van der Waals surface area contributed by atoms with Gasteiger partial charge in [-0.25, -0.2) is 0 Å². The fourth-order valence-electron chi connectivity index (χ4n) is 1.90. The highest BCUT2D eigenvalue weighted by molar-refractivity contribution is 5.65. The monoisotopic (exact) mass is 228 g/mol. The van der Waals surface area contributed by atoms with Gasteiger partial charge in [-0.2, -0.15) is 0 Å². The summed E-state index contributed by atoms with van der Waals surface area (Å²) in [5, 5.41) is 9.05. The minimum Gasteiger partial charge on any atom is -0.496 e. The molecule has 0 aromatic heterocycles. The molecule has 0 aliphatic rings. The van der Waals surface area contributed by atoms with Crippen LogP contribution in [0.4, 0.5) is 0 Å². The number of aliphatic hydroxyl groups is 1. The third-order valence-electron chi connectivity index (χ3n) is 2.77. The van der Waals surface area contributed by atoms with Crippen LogP contribution in [0.15, 0.2) is 48.5 Å². The molecule has 0 saturated heterocycles. The molecule has 0 bridgehead atoms. The van der Waals surface area contributed by atoms with E-state index in [9.17, 15) is 0 Å². The molecule has 2 rings (SSSR count). The Kier molecular flexibility index (Phi) is 3.78. The van der Waals surface area contributed by atoms with Gasteiger partial charge in [0.05, 0.1) is 7.11 Å². The fourth-order valence-corrected chi connectivity index (χ4v) is 1.90. The molecule has 0 saturated carbocycles. The van der Waals surface area contributed by atoms with E-state index in [0.29, 0.717) is 6.42 Å². The number of hydrogen-bond donors (Lipinski definition) is 1. The normalized spacial score (nSPS) is 10.2. The van der Waals surface area contributed by atoms with Gasteiger partial charge in [0.2, 0.25) is 0 Å². The van der Waals surface area contributed by atoms with Crippen molar-refractivity contribution >= 4 is 0 Å². The average Bonchev–Trinajstić information content (AvgIpc) is 2.40. The smallest absolute Gasteiger partial charge is 0.122 e. The lowest BCUT2D eigenvalue weighted by atomic mass is 10.0. The third kappa shape index (κ3) is 2.66. The molecule has 1 N–H and O–H groups in total. The number of methoxy groups -OCH3 is 1. The van der Waals surface area contributed by atoms with Gasteiger partial charge in [0.25, 0.3) is 0 Å². The van der Waals surface area contributed by atoms with Crippen LogP contribution < -0.4 is 4.74 Å². The topological polar surface area (TPSA) is 29.5 Å². The summed E-state index contributed by atoms with van der Waals surface area (Å²) < 4.78 is 5.28. The van der Waals surface area contributed by atoms with Gasteiger partial charge in [0, 0.05) is 6.61 Å². The molecular weight excluding hydrogens is 212 g/mol. The Morgan fingerprint density at radius 1 is 1.00 bits per heavy atom. The number of rotatable bonds is 4. The van der Waals surface area contributed by atoms with E-state index in [2.05, 4.69) is 18.2 Å². The van der Waals surface area contributed by atoms with Gasteiger partial charge in [0.15, 0.2) is 0 Å². The fraction of sp³-hybridized carbons (Fsp3) is 0.200. The Labute approximate surface area is 101 Å². The molecule has 2 aromatic rings. The minimum atomic E-state index is 0.134. The lowest BCUT2D eigenvalue weighted by Gasteiger charge is -2.10. The van der Waals surface area contributed by atoms with Crippen molar-refractivity contribution in [3.63, 3.8) is 0 Å². The summed E-state index contributed by atoms with van der Waals surface area (Å²) in [6.07, 6.45) is 0.615. The summed E-state index contributed by atoms with van der Waals surface area (Å²) in [5.74, 6) is 0.832. The number of aliphatic hydroxyl groups excluding tert-OH is 1. The van der Waals surface area contributed by atoms with Crippen molar-refractivity contribution in [3.8, 4) is 16.9 Å². The van der Waals surface area contributed by atoms with Crippen LogP contribution in [0, 0.1) is 0 Å². The highest BCUT2D eigenvalue weighted by Gasteiger charge is 2.05. The van der Waals surface area contributed by atoms with E-state index in [0.717, 1.165) is 16.9 Å². The summed E-state index contributed by atoms with van der Waals surface area (Å²) in [6, 6.07) is 16.3. The van der Waals surface area contributed by atoms with Crippen molar-refractivity contribution in [2.24, 2.45) is 0 Å². The molecule has 0 fully saturated rings. The summed E-state index contributed by atoms with van der Waals surface area (Å²) in [5.41, 5.74) is 3.36. The molecule has 0 aliphatic carbocycles. The molecule has 88 valence electrons. The summed E-state index contributed by atoms with van der Waals surface area (Å²) in [7, 11) is 1.65. The predicted octanol–water partition coefficient (Wildman–Crippen LogP) is 2.90. The van der Waals surface area contributed by atoms with Crippen LogP contribution in [0.3, 0.4) is 0 Å². The van der Waals surface area contributed by atoms with Crippen LogP contribution >= 0.6 is 0 Å². The van der Waals surface area contributed by atoms with Crippen LogP contribution in [0.25, 0.3) is 11.1 Å². The van der Waals surface area contributed by atoms with Crippen molar-refractivity contribution < 1.29 is 9.84 Å². The summed E-state index contributed by atoms with van der Waals surface area (Å²) in [4.78, 5) is 0. The van der Waals surface area contributed by atoms with E-state index in [1.165, 1.54) is 5.56 Å². The van der Waals surface area contributed by atoms with E-state index in [1.54, 1.807) is 7.11 Å². The van der Waals surface area contributed by atoms with E-state index in [4.69, 9.17) is 9.84 Å². The van der Waals surface area contributed by atoms with Crippen LogP contribution in [0.2, 0.25) is 0 Å². The Morgan fingerprint density at radius 3 is 2.41 bits per heavy atom. The molecule has 0 unspecified atom stereocenters. The van der Waals surface area contributed by atoms with E-state index in [-0.39, 0.29) is 6.61 Å². The van der Waals surface area contributed by atoms with Gasteiger partial charge >= 0.3 is 0 Å². The van der Waals surface area contributed by atoms with E-state index >= 15 is 0 Å². The van der Waals surface area contributed by atoms with Crippen molar-refractivity contribution in [2.45, 2.75) is 6.42 Å². The number of hydrogen-bond acceptors (Lipinski definition) is 2. The van der Waals surface area contributed by atoms with Crippen LogP contribution in [0.5, 0.6) is 5.75 Å². The van der Waals surface area contributed by atoms with Crippen LogP contribution in [-0.2, 0) is 6.42 Å². The van der Waals surface area contributed by atoms with Gasteiger partial charge in [0.1, 0.15) is 5.75 Å². The first-order valence-corrected chi connectivity index (χ1v) is 5.68. The van der Waals surface area contributed by atoms with E-state index in [1.807, 2.05) is 30.3 Å². The maximum Gasteiger partial charge on any atom is 0.122 e. The quantitative estimate of drug-likeness (QED) is 0.871. The molecule has 17 heavy (non-hydrogen) atoms. The van der Waals surface area contributed by atoms with Crippen molar-refractivity contribution in [2.75, 3.05) is 13.7 Å². The molecule has 2 aromatic carbocycles. The number of benzene rings is 2. The zero-order chi connectivity index (χ0) is 12.1. The van der Waals surface area contributed by atoms with Gasteiger partial charge < -0.3 is 9.84 Å². The molecular formula is C15H16O2. The van der Waals surface area contributed by atoms with Gasteiger partial charge in [-0.1, -0.05) is 36.4 Å². The molecule has 0 amide bonds. The standard InChI is InChI=1S/C15H16O2/c1-17-15-8-7-13(11-14(15)9-10-16)12-5-3-2-4-6-12/h2-8,11,16H,9-10H2,1H3. The highest BCUT2D eigenvalue weighted by atomic mass is 16.5. The molecule has 2 nitrogen and oxygen atoms in total. The second-order valence-electron chi connectivity index (χ2n) is 3.87. The van der Waals surface area contributed by atoms with Crippen molar-refractivity contribution in [3.05, 3.63) is 54.1 Å². The zero-order valence-corrected chi connectivity index (χ0v) is 9.89. The molecule has 0 heterocycles. The largest absolute Gasteiger partial charge is 0.496 e. The summed E-state index contributed by atoms with van der Waals surface area (Å²) in [6.45, 7) is 0.134. The zero-order valence-electron chi connectivity index (χ0n) is 9.89. The molecule has 0 radical (unpaired) electrons. The molecule has 0 atom stereocenters. The second-order valence-corrected chi connectivity index (χ2v) is 3.87. The Bertz CT molecular complexity index is 478. The Morgan fingerprint density at radius 2 is 1.76 bits per heavy atom. The lowest BCUT2D eigenvalue weighted by molar-refractivity contribution is 0.297. The third-order valence-corrected chi connectivity index (χ3v) is 2.77. The van der Waals surface area contributed by atoms with Crippen molar-refractivity contribution in [1.82, 2.24) is 0 Å². The first-order valence-electron chi connectivity index (χ1n) is 5.68. The first kappa shape index (κ1) is 11.7. The SMILES string of the molecule is COc1ccc(-c2ccccc2)cc1CCO. The average molecular weight is 228 g/mol. The van der Waals surface area contributed by atoms with Crippen LogP contribution in [-0.4, -0.2) is 18.8 Å². The maximum atomic E-state index is 9.05. The summed E-state index contributed by atoms with van der Waals surface area (Å²) >= 11 is 0. The first-order chi connectivity index (χ1) is 8.35. The molecule has 2 heteroatoms.